The van der Waals surface area contributed by atoms with E-state index < -0.39 is 13.9 Å². The van der Waals surface area contributed by atoms with Crippen molar-refractivity contribution < 1.29 is 23.5 Å². The Morgan fingerprint density at radius 1 is 1.27 bits per heavy atom. The molecular formula is C18H20ClNO5P+. The second kappa shape index (κ2) is 7.59. The molecule has 1 N–H and O–H groups in total. The van der Waals surface area contributed by atoms with Gasteiger partial charge in [0.15, 0.2) is 0 Å². The molecule has 1 aromatic heterocycles. The third-order valence-electron chi connectivity index (χ3n) is 4.13. The van der Waals surface area contributed by atoms with Crippen LogP contribution in [0.5, 0.6) is 0 Å². The van der Waals surface area contributed by atoms with Crippen LogP contribution in [0.1, 0.15) is 28.2 Å². The van der Waals surface area contributed by atoms with Gasteiger partial charge in [0, 0.05) is 11.4 Å². The maximum Gasteiger partial charge on any atom is 0.448 e. The van der Waals surface area contributed by atoms with Crippen LogP contribution in [-0.2, 0) is 13.8 Å². The van der Waals surface area contributed by atoms with Crippen LogP contribution in [0, 0.1) is 13.8 Å². The zero-order chi connectivity index (χ0) is 18.9. The molecule has 1 aliphatic heterocycles. The smallest absolute Gasteiger partial charge is 0.448 e. The Morgan fingerprint density at radius 3 is 2.58 bits per heavy atom. The van der Waals surface area contributed by atoms with Crippen molar-refractivity contribution in [1.29, 1.82) is 0 Å². The van der Waals surface area contributed by atoms with Gasteiger partial charge >= 0.3 is 13.9 Å². The van der Waals surface area contributed by atoms with Gasteiger partial charge in [0.25, 0.3) is 0 Å². The maximum atomic E-state index is 12.5. The zero-order valence-corrected chi connectivity index (χ0v) is 16.4. The molecule has 0 saturated carbocycles. The molecule has 2 aromatic rings. The number of carbonyl (C=O) groups is 1. The quantitative estimate of drug-likeness (QED) is 0.630. The highest BCUT2D eigenvalue weighted by atomic mass is 35.5. The predicted octanol–water partition coefficient (Wildman–Crippen LogP) is 3.62. The van der Waals surface area contributed by atoms with Gasteiger partial charge in [-0.3, -0.25) is 4.98 Å². The number of benzene rings is 1. The van der Waals surface area contributed by atoms with Crippen LogP contribution < -0.4 is 5.30 Å². The Morgan fingerprint density at radius 2 is 1.96 bits per heavy atom. The summed E-state index contributed by atoms with van der Waals surface area (Å²) in [6.45, 7) is 4.24. The molecule has 0 atom stereocenters. The third-order valence-corrected chi connectivity index (χ3v) is 6.55. The number of pyridine rings is 1. The highest BCUT2D eigenvalue weighted by Gasteiger charge is 2.51. The van der Waals surface area contributed by atoms with Gasteiger partial charge in [0.1, 0.15) is 13.2 Å². The molecule has 1 aromatic carbocycles. The summed E-state index contributed by atoms with van der Waals surface area (Å²) in [5, 5.41) is 0.901. The lowest BCUT2D eigenvalue weighted by Crippen LogP contribution is -2.29. The van der Waals surface area contributed by atoms with Gasteiger partial charge in [0.2, 0.25) is 5.30 Å². The van der Waals surface area contributed by atoms with E-state index in [9.17, 15) is 9.69 Å². The first-order valence-electron chi connectivity index (χ1n) is 8.14. The SMILES string of the molecule is COC(=O)c1c(C)nc(C)c([P+]2(O)OCCCO2)c1-c1cccc(Cl)c1. The van der Waals surface area contributed by atoms with Crippen LogP contribution in [0.2, 0.25) is 5.02 Å². The van der Waals surface area contributed by atoms with Crippen molar-refractivity contribution in [2.45, 2.75) is 20.3 Å². The number of halogens is 1. The highest BCUT2D eigenvalue weighted by Crippen LogP contribution is 2.60. The van der Waals surface area contributed by atoms with Crippen LogP contribution in [-0.4, -0.2) is 36.2 Å². The second-order valence-corrected chi connectivity index (χ2v) is 8.36. The second-order valence-electron chi connectivity index (χ2n) is 5.92. The fourth-order valence-electron chi connectivity index (χ4n) is 3.07. The van der Waals surface area contributed by atoms with Gasteiger partial charge in [-0.05, 0) is 31.5 Å². The number of aromatic nitrogens is 1. The molecule has 138 valence electrons. The monoisotopic (exact) mass is 396 g/mol. The Hall–Kier alpha value is -1.56. The highest BCUT2D eigenvalue weighted by molar-refractivity contribution is 7.69. The van der Waals surface area contributed by atoms with E-state index in [0.717, 1.165) is 0 Å². The summed E-state index contributed by atoms with van der Waals surface area (Å²) in [4.78, 5) is 28.1. The van der Waals surface area contributed by atoms with Crippen molar-refractivity contribution in [3.8, 4) is 11.1 Å². The summed E-state index contributed by atoms with van der Waals surface area (Å²) >= 11 is 6.17. The number of nitrogens with zero attached hydrogens (tertiary/aromatic N) is 1. The van der Waals surface area contributed by atoms with E-state index in [1.807, 2.05) is 6.07 Å². The summed E-state index contributed by atoms with van der Waals surface area (Å²) in [6, 6.07) is 7.05. The van der Waals surface area contributed by atoms with E-state index in [1.165, 1.54) is 7.11 Å². The number of carbonyl (C=O) groups excluding carboxylic acids is 1. The Bertz CT molecular complexity index is 852. The molecule has 0 bridgehead atoms. The van der Waals surface area contributed by atoms with Crippen molar-refractivity contribution in [2.75, 3.05) is 20.3 Å². The molecule has 0 amide bonds. The van der Waals surface area contributed by atoms with Gasteiger partial charge in [-0.1, -0.05) is 23.7 Å². The van der Waals surface area contributed by atoms with Crippen LogP contribution in [0.15, 0.2) is 24.3 Å². The molecule has 1 saturated heterocycles. The van der Waals surface area contributed by atoms with Crippen molar-refractivity contribution in [2.24, 2.45) is 0 Å². The van der Waals surface area contributed by atoms with Crippen molar-refractivity contribution >= 4 is 30.8 Å². The number of esters is 1. The molecule has 0 radical (unpaired) electrons. The van der Waals surface area contributed by atoms with Crippen LogP contribution in [0.3, 0.4) is 0 Å². The first-order chi connectivity index (χ1) is 12.4. The molecule has 0 aliphatic carbocycles. The van der Waals surface area contributed by atoms with E-state index in [2.05, 4.69) is 4.98 Å². The predicted molar refractivity (Wildman–Crippen MR) is 101 cm³/mol. The molecular weight excluding hydrogens is 377 g/mol. The molecule has 8 heteroatoms. The lowest BCUT2D eigenvalue weighted by atomic mass is 9.98. The lowest BCUT2D eigenvalue weighted by molar-refractivity contribution is 0.0600. The number of hydrogen-bond donors (Lipinski definition) is 1. The van der Waals surface area contributed by atoms with Crippen molar-refractivity contribution in [3.05, 3.63) is 46.2 Å². The van der Waals surface area contributed by atoms with E-state index in [1.54, 1.807) is 32.0 Å². The lowest BCUT2D eigenvalue weighted by Gasteiger charge is -2.25. The minimum Gasteiger partial charge on any atom is -0.465 e. The fraction of sp³-hybridized carbons (Fsp3) is 0.333. The van der Waals surface area contributed by atoms with Gasteiger partial charge in [-0.15, -0.1) is 0 Å². The largest absolute Gasteiger partial charge is 0.465 e. The molecule has 0 unspecified atom stereocenters. The van der Waals surface area contributed by atoms with Crippen LogP contribution in [0.25, 0.3) is 11.1 Å². The number of ether oxygens (including phenoxy) is 1. The average molecular weight is 397 g/mol. The Kier molecular flexibility index (Phi) is 5.61. The topological polar surface area (TPSA) is 77.9 Å². The normalized spacial score (nSPS) is 16.3. The number of hydrogen-bond acceptors (Lipinski definition) is 6. The van der Waals surface area contributed by atoms with Gasteiger partial charge < -0.3 is 4.74 Å². The van der Waals surface area contributed by atoms with Crippen LogP contribution in [0.4, 0.5) is 0 Å². The standard InChI is InChI=1S/C18H20ClNO5P/c1-11-15(18(21)23-3)16(13-6-4-7-14(19)10-13)17(12(2)20-11)26(22)24-8-5-9-25-26/h4,6-7,10,22H,5,8-9H2,1-3H3/q+1. The van der Waals surface area contributed by atoms with Gasteiger partial charge in [-0.25, -0.2) is 4.79 Å². The Labute approximate surface area is 157 Å². The molecule has 2 heterocycles. The summed E-state index contributed by atoms with van der Waals surface area (Å²) in [5.74, 6) is -0.546. The number of rotatable bonds is 3. The van der Waals surface area contributed by atoms with Gasteiger partial charge in [-0.2, -0.15) is 13.9 Å². The molecule has 0 spiro atoms. The van der Waals surface area contributed by atoms with E-state index >= 15 is 0 Å². The molecule has 6 nitrogen and oxygen atoms in total. The molecule has 1 fully saturated rings. The number of aryl methyl sites for hydroxylation is 2. The van der Waals surface area contributed by atoms with Crippen molar-refractivity contribution in [1.82, 2.24) is 4.98 Å². The fourth-order valence-corrected chi connectivity index (χ4v) is 5.32. The van der Waals surface area contributed by atoms with E-state index in [-0.39, 0.29) is 5.56 Å². The van der Waals surface area contributed by atoms with Crippen LogP contribution >= 0.6 is 19.5 Å². The third kappa shape index (κ3) is 3.48. The first kappa shape index (κ1) is 19.2. The number of methoxy groups -OCH3 is 1. The average Bonchev–Trinajstić information content (AvgIpc) is 2.61. The summed E-state index contributed by atoms with van der Waals surface area (Å²) in [7, 11) is -2.08. The summed E-state index contributed by atoms with van der Waals surface area (Å²) < 4.78 is 16.3. The minimum absolute atomic E-state index is 0.265. The Balaban J connectivity index is 2.37. The van der Waals surface area contributed by atoms with Gasteiger partial charge in [0.05, 0.1) is 29.6 Å². The summed E-state index contributed by atoms with van der Waals surface area (Å²) in [6.07, 6.45) is 0.691. The molecule has 26 heavy (non-hydrogen) atoms. The van der Waals surface area contributed by atoms with E-state index in [0.29, 0.717) is 52.5 Å². The summed E-state index contributed by atoms with van der Waals surface area (Å²) in [5.41, 5.74) is 2.45. The van der Waals surface area contributed by atoms with E-state index in [4.69, 9.17) is 25.4 Å². The first-order valence-corrected chi connectivity index (χ1v) is 10.1. The molecule has 1 aliphatic rings. The zero-order valence-electron chi connectivity index (χ0n) is 14.8. The minimum atomic E-state index is -3.38. The van der Waals surface area contributed by atoms with Crippen molar-refractivity contribution in [3.63, 3.8) is 0 Å². The maximum absolute atomic E-state index is 12.5. The molecule has 3 rings (SSSR count).